The number of hydrogen-bond donors (Lipinski definition) is 2. The molecule has 2 heterocycles. The van der Waals surface area contributed by atoms with Gasteiger partial charge in [-0.1, -0.05) is 12.1 Å². The highest BCUT2D eigenvalue weighted by Gasteiger charge is 2.16. The van der Waals surface area contributed by atoms with Crippen LogP contribution in [0.2, 0.25) is 0 Å². The number of nitrogens with one attached hydrogen (secondary N) is 2. The Balaban J connectivity index is 2.07. The van der Waals surface area contributed by atoms with Crippen molar-refractivity contribution in [2.75, 3.05) is 6.54 Å². The Labute approximate surface area is 92.7 Å². The smallest absolute Gasteiger partial charge is 0.140 e. The first kappa shape index (κ1) is 9.54. The lowest BCUT2D eigenvalue weighted by atomic mass is 10.2. The number of aromatic nitrogens is 2. The molecule has 0 aliphatic carbocycles. The number of H-pyrrole nitrogens is 1. The molecule has 2 N–H and O–H groups in total. The van der Waals surface area contributed by atoms with Crippen molar-refractivity contribution in [1.29, 1.82) is 0 Å². The lowest BCUT2D eigenvalue weighted by Crippen LogP contribution is -2.23. The normalized spacial score (nSPS) is 14.8. The minimum Gasteiger partial charge on any atom is -0.340 e. The van der Waals surface area contributed by atoms with E-state index in [0.29, 0.717) is 11.4 Å². The Morgan fingerprint density at radius 1 is 1.25 bits per heavy atom. The van der Waals surface area contributed by atoms with Crippen LogP contribution in [0, 0.1) is 5.82 Å². The van der Waals surface area contributed by atoms with Gasteiger partial charge in [-0.25, -0.2) is 9.37 Å². The van der Waals surface area contributed by atoms with Gasteiger partial charge in [-0.2, -0.15) is 0 Å². The highest BCUT2D eigenvalue weighted by molar-refractivity contribution is 5.56. The third kappa shape index (κ3) is 1.51. The van der Waals surface area contributed by atoms with Crippen molar-refractivity contribution in [2.45, 2.75) is 13.0 Å². The van der Waals surface area contributed by atoms with E-state index in [1.165, 1.54) is 6.07 Å². The molecule has 0 unspecified atom stereocenters. The van der Waals surface area contributed by atoms with Gasteiger partial charge in [-0.05, 0) is 12.1 Å². The number of rotatable bonds is 1. The van der Waals surface area contributed by atoms with Crippen molar-refractivity contribution in [3.8, 4) is 11.4 Å². The van der Waals surface area contributed by atoms with Gasteiger partial charge in [0.25, 0.3) is 0 Å². The molecule has 0 saturated heterocycles. The standard InChI is InChI=1S/C12H12FN3/c13-9-4-2-1-3-8(9)12-15-10-5-6-14-7-11(10)16-12/h1-4,14H,5-7H2,(H,15,16). The summed E-state index contributed by atoms with van der Waals surface area (Å²) in [5.74, 6) is 0.397. The summed E-state index contributed by atoms with van der Waals surface area (Å²) in [7, 11) is 0. The van der Waals surface area contributed by atoms with Gasteiger partial charge >= 0.3 is 0 Å². The molecule has 4 heteroatoms. The molecule has 0 spiro atoms. The second kappa shape index (κ2) is 3.72. The summed E-state index contributed by atoms with van der Waals surface area (Å²) >= 11 is 0. The van der Waals surface area contributed by atoms with Crippen LogP contribution >= 0.6 is 0 Å². The molecule has 3 nitrogen and oxygen atoms in total. The summed E-state index contributed by atoms with van der Waals surface area (Å²) in [6, 6.07) is 6.70. The summed E-state index contributed by atoms with van der Waals surface area (Å²) in [6.45, 7) is 1.73. The number of nitrogens with zero attached hydrogens (tertiary/aromatic N) is 1. The van der Waals surface area contributed by atoms with E-state index in [1.54, 1.807) is 12.1 Å². The number of benzene rings is 1. The number of aromatic amines is 1. The summed E-state index contributed by atoms with van der Waals surface area (Å²) in [6.07, 6.45) is 0.903. The van der Waals surface area contributed by atoms with Gasteiger partial charge in [0, 0.05) is 19.5 Å². The molecule has 0 fully saturated rings. The Bertz CT molecular complexity index is 495. The highest BCUT2D eigenvalue weighted by Crippen LogP contribution is 2.22. The second-order valence-corrected chi connectivity index (χ2v) is 3.92. The fraction of sp³-hybridized carbons (Fsp3) is 0.250. The van der Waals surface area contributed by atoms with E-state index in [4.69, 9.17) is 0 Å². The first-order chi connectivity index (χ1) is 7.84. The molecule has 2 aromatic rings. The van der Waals surface area contributed by atoms with Gasteiger partial charge in [0.1, 0.15) is 11.6 Å². The van der Waals surface area contributed by atoms with E-state index in [0.717, 1.165) is 30.9 Å². The van der Waals surface area contributed by atoms with Crippen LogP contribution in [0.1, 0.15) is 11.4 Å². The van der Waals surface area contributed by atoms with Crippen molar-refractivity contribution >= 4 is 0 Å². The molecule has 0 saturated carbocycles. The Kier molecular flexibility index (Phi) is 2.22. The van der Waals surface area contributed by atoms with Gasteiger partial charge in [-0.3, -0.25) is 0 Å². The maximum atomic E-state index is 13.6. The van der Waals surface area contributed by atoms with Gasteiger partial charge in [-0.15, -0.1) is 0 Å². The molecule has 82 valence electrons. The molecule has 16 heavy (non-hydrogen) atoms. The predicted octanol–water partition coefficient (Wildman–Crippen LogP) is 1.86. The van der Waals surface area contributed by atoms with Crippen LogP contribution in [0.25, 0.3) is 11.4 Å². The Morgan fingerprint density at radius 3 is 2.94 bits per heavy atom. The van der Waals surface area contributed by atoms with Crippen molar-refractivity contribution in [3.05, 3.63) is 41.5 Å². The lowest BCUT2D eigenvalue weighted by molar-refractivity contribution is 0.627. The largest absolute Gasteiger partial charge is 0.340 e. The lowest BCUT2D eigenvalue weighted by Gasteiger charge is -2.09. The molecule has 0 bridgehead atoms. The Morgan fingerprint density at radius 2 is 2.12 bits per heavy atom. The highest BCUT2D eigenvalue weighted by atomic mass is 19.1. The molecule has 1 aromatic heterocycles. The molecule has 3 rings (SSSR count). The summed E-state index contributed by atoms with van der Waals surface area (Å²) in [5, 5.41) is 3.26. The molecule has 1 aliphatic rings. The first-order valence-corrected chi connectivity index (χ1v) is 5.38. The number of fused-ring (bicyclic) bond motifs is 1. The monoisotopic (exact) mass is 217 g/mol. The maximum absolute atomic E-state index is 13.6. The van der Waals surface area contributed by atoms with Crippen LogP contribution in [0.5, 0.6) is 0 Å². The third-order valence-corrected chi connectivity index (χ3v) is 2.83. The minimum atomic E-state index is -0.235. The van der Waals surface area contributed by atoms with Gasteiger partial charge < -0.3 is 10.3 Å². The first-order valence-electron chi connectivity index (χ1n) is 5.38. The third-order valence-electron chi connectivity index (χ3n) is 2.83. The molecule has 1 aromatic carbocycles. The van der Waals surface area contributed by atoms with Crippen LogP contribution in [-0.4, -0.2) is 16.5 Å². The van der Waals surface area contributed by atoms with Crippen LogP contribution in [-0.2, 0) is 13.0 Å². The number of imidazole rings is 1. The van der Waals surface area contributed by atoms with Gasteiger partial charge in [0.05, 0.1) is 17.0 Å². The van der Waals surface area contributed by atoms with Crippen molar-refractivity contribution < 1.29 is 4.39 Å². The zero-order valence-corrected chi connectivity index (χ0v) is 8.76. The number of hydrogen-bond acceptors (Lipinski definition) is 2. The minimum absolute atomic E-state index is 0.235. The van der Waals surface area contributed by atoms with Crippen molar-refractivity contribution in [2.24, 2.45) is 0 Å². The number of halogens is 1. The molecular weight excluding hydrogens is 205 g/mol. The Hall–Kier alpha value is -1.68. The quantitative estimate of drug-likeness (QED) is 0.765. The van der Waals surface area contributed by atoms with E-state index in [1.807, 2.05) is 6.07 Å². The van der Waals surface area contributed by atoms with Crippen LogP contribution in [0.4, 0.5) is 4.39 Å². The SMILES string of the molecule is Fc1ccccc1-c1nc2c([nH]1)CNCC2. The van der Waals surface area contributed by atoms with Crippen molar-refractivity contribution in [1.82, 2.24) is 15.3 Å². The summed E-state index contributed by atoms with van der Waals surface area (Å²) < 4.78 is 13.6. The van der Waals surface area contributed by atoms with Crippen LogP contribution in [0.15, 0.2) is 24.3 Å². The fourth-order valence-corrected chi connectivity index (χ4v) is 2.00. The molecular formula is C12H12FN3. The van der Waals surface area contributed by atoms with Crippen molar-refractivity contribution in [3.63, 3.8) is 0 Å². The summed E-state index contributed by atoms with van der Waals surface area (Å²) in [4.78, 5) is 7.62. The van der Waals surface area contributed by atoms with E-state index in [9.17, 15) is 4.39 Å². The molecule has 1 aliphatic heterocycles. The van der Waals surface area contributed by atoms with E-state index < -0.39 is 0 Å². The van der Waals surface area contributed by atoms with Crippen LogP contribution in [0.3, 0.4) is 0 Å². The molecule has 0 amide bonds. The zero-order valence-electron chi connectivity index (χ0n) is 8.76. The van der Waals surface area contributed by atoms with E-state index in [-0.39, 0.29) is 5.82 Å². The summed E-state index contributed by atoms with van der Waals surface area (Å²) in [5.41, 5.74) is 2.67. The van der Waals surface area contributed by atoms with Gasteiger partial charge in [0.2, 0.25) is 0 Å². The second-order valence-electron chi connectivity index (χ2n) is 3.92. The topological polar surface area (TPSA) is 40.7 Å². The molecule has 0 radical (unpaired) electrons. The maximum Gasteiger partial charge on any atom is 0.140 e. The van der Waals surface area contributed by atoms with Crippen LogP contribution < -0.4 is 5.32 Å². The molecule has 0 atom stereocenters. The van der Waals surface area contributed by atoms with E-state index >= 15 is 0 Å². The fourth-order valence-electron chi connectivity index (χ4n) is 2.00. The van der Waals surface area contributed by atoms with Gasteiger partial charge in [0.15, 0.2) is 0 Å². The predicted molar refractivity (Wildman–Crippen MR) is 59.4 cm³/mol. The average Bonchev–Trinajstić information content (AvgIpc) is 2.73. The average molecular weight is 217 g/mol. The zero-order chi connectivity index (χ0) is 11.0. The van der Waals surface area contributed by atoms with E-state index in [2.05, 4.69) is 15.3 Å².